The van der Waals surface area contributed by atoms with E-state index >= 15 is 0 Å². The number of nitrogens with zero attached hydrogens (tertiary/aromatic N) is 2. The highest BCUT2D eigenvalue weighted by Gasteiger charge is 2.17. The Morgan fingerprint density at radius 2 is 1.91 bits per heavy atom. The maximum Gasteiger partial charge on any atom is 0.262 e. The summed E-state index contributed by atoms with van der Waals surface area (Å²) in [6, 6.07) is 11.6. The van der Waals surface area contributed by atoms with Crippen LogP contribution in [-0.2, 0) is 17.1 Å². The first-order valence-corrected chi connectivity index (χ1v) is 8.45. The lowest BCUT2D eigenvalue weighted by atomic mass is 10.3. The lowest BCUT2D eigenvalue weighted by Crippen LogP contribution is -2.13. The van der Waals surface area contributed by atoms with Gasteiger partial charge in [0, 0.05) is 7.05 Å². The number of fused-ring (bicyclic) bond motifs is 1. The molecule has 0 aliphatic rings. The second kappa shape index (κ2) is 5.30. The number of halogens is 1. The van der Waals surface area contributed by atoms with E-state index in [1.165, 1.54) is 0 Å². The molecule has 1 heterocycles. The molecule has 0 saturated carbocycles. The first-order chi connectivity index (χ1) is 10.4. The Bertz CT molecular complexity index is 964. The monoisotopic (exact) mass is 335 g/mol. The largest absolute Gasteiger partial charge is 0.331 e. The number of aromatic nitrogens is 2. The normalized spacial score (nSPS) is 11.8. The van der Waals surface area contributed by atoms with Gasteiger partial charge >= 0.3 is 0 Å². The van der Waals surface area contributed by atoms with E-state index in [9.17, 15) is 8.42 Å². The molecule has 5 nitrogen and oxygen atoms in total. The SMILES string of the molecule is Cc1nc2cc(S(=O)(=O)Nc3ccccc3Cl)ccc2n1C. The molecule has 0 amide bonds. The van der Waals surface area contributed by atoms with Crippen molar-refractivity contribution in [3.63, 3.8) is 0 Å². The zero-order chi connectivity index (χ0) is 15.9. The van der Waals surface area contributed by atoms with Crippen molar-refractivity contribution in [1.29, 1.82) is 0 Å². The lowest BCUT2D eigenvalue weighted by Gasteiger charge is -2.09. The van der Waals surface area contributed by atoms with Crippen LogP contribution in [0.4, 0.5) is 5.69 Å². The number of hydrogen-bond acceptors (Lipinski definition) is 3. The first-order valence-electron chi connectivity index (χ1n) is 6.59. The third-order valence-corrected chi connectivity index (χ3v) is 5.20. The smallest absolute Gasteiger partial charge is 0.262 e. The summed E-state index contributed by atoms with van der Waals surface area (Å²) in [5.74, 6) is 0.823. The Kier molecular flexibility index (Phi) is 3.58. The Morgan fingerprint density at radius 1 is 1.18 bits per heavy atom. The average Bonchev–Trinajstić information content (AvgIpc) is 2.76. The summed E-state index contributed by atoms with van der Waals surface area (Å²) >= 11 is 5.99. The number of anilines is 1. The van der Waals surface area contributed by atoms with Gasteiger partial charge in [0.2, 0.25) is 0 Å². The molecular formula is C15H14ClN3O2S. The van der Waals surface area contributed by atoms with Crippen molar-refractivity contribution in [2.75, 3.05) is 4.72 Å². The van der Waals surface area contributed by atoms with Gasteiger partial charge in [-0.2, -0.15) is 0 Å². The average molecular weight is 336 g/mol. The highest BCUT2D eigenvalue weighted by molar-refractivity contribution is 7.92. The fourth-order valence-electron chi connectivity index (χ4n) is 2.21. The third-order valence-electron chi connectivity index (χ3n) is 3.50. The van der Waals surface area contributed by atoms with Crippen molar-refractivity contribution >= 4 is 38.3 Å². The highest BCUT2D eigenvalue weighted by atomic mass is 35.5. The third kappa shape index (κ3) is 2.55. The van der Waals surface area contributed by atoms with Crippen LogP contribution in [0.2, 0.25) is 5.02 Å². The van der Waals surface area contributed by atoms with E-state index in [2.05, 4.69) is 9.71 Å². The molecule has 114 valence electrons. The van der Waals surface area contributed by atoms with Gasteiger partial charge in [0.05, 0.1) is 26.6 Å². The molecule has 0 aliphatic heterocycles. The van der Waals surface area contributed by atoms with Gasteiger partial charge in [0.1, 0.15) is 5.82 Å². The predicted octanol–water partition coefficient (Wildman–Crippen LogP) is 3.34. The fourth-order valence-corrected chi connectivity index (χ4v) is 3.55. The summed E-state index contributed by atoms with van der Waals surface area (Å²) in [5.41, 5.74) is 1.87. The van der Waals surface area contributed by atoms with Crippen LogP contribution in [0.3, 0.4) is 0 Å². The molecule has 3 aromatic rings. The molecule has 2 aromatic carbocycles. The Morgan fingerprint density at radius 3 is 2.64 bits per heavy atom. The number of sulfonamides is 1. The van der Waals surface area contributed by atoms with Crippen molar-refractivity contribution in [3.05, 3.63) is 53.3 Å². The minimum absolute atomic E-state index is 0.151. The summed E-state index contributed by atoms with van der Waals surface area (Å²) in [5, 5.41) is 0.348. The van der Waals surface area contributed by atoms with Crippen molar-refractivity contribution in [3.8, 4) is 0 Å². The van der Waals surface area contributed by atoms with Gasteiger partial charge in [-0.25, -0.2) is 13.4 Å². The maximum atomic E-state index is 12.5. The van der Waals surface area contributed by atoms with Gasteiger partial charge in [0.15, 0.2) is 0 Å². The van der Waals surface area contributed by atoms with Gasteiger partial charge < -0.3 is 4.57 Å². The van der Waals surface area contributed by atoms with Gasteiger partial charge in [-0.05, 0) is 37.3 Å². The van der Waals surface area contributed by atoms with E-state index in [4.69, 9.17) is 11.6 Å². The van der Waals surface area contributed by atoms with E-state index in [-0.39, 0.29) is 4.90 Å². The molecule has 1 aromatic heterocycles. The van der Waals surface area contributed by atoms with Crippen molar-refractivity contribution in [2.45, 2.75) is 11.8 Å². The van der Waals surface area contributed by atoms with Crippen LogP contribution in [0, 0.1) is 6.92 Å². The van der Waals surface area contributed by atoms with Crippen LogP contribution in [0.15, 0.2) is 47.4 Å². The van der Waals surface area contributed by atoms with Crippen molar-refractivity contribution in [1.82, 2.24) is 9.55 Å². The van der Waals surface area contributed by atoms with Gasteiger partial charge in [-0.3, -0.25) is 4.72 Å². The summed E-state index contributed by atoms with van der Waals surface area (Å²) in [4.78, 5) is 4.51. The van der Waals surface area contributed by atoms with Crippen LogP contribution in [0.25, 0.3) is 11.0 Å². The minimum Gasteiger partial charge on any atom is -0.331 e. The topological polar surface area (TPSA) is 64.0 Å². The molecular weight excluding hydrogens is 322 g/mol. The second-order valence-corrected chi connectivity index (χ2v) is 7.04. The number of benzene rings is 2. The molecule has 1 N–H and O–H groups in total. The molecule has 7 heteroatoms. The van der Waals surface area contributed by atoms with Crippen LogP contribution < -0.4 is 4.72 Å². The molecule has 0 bridgehead atoms. The van der Waals surface area contributed by atoms with Gasteiger partial charge in [-0.15, -0.1) is 0 Å². The minimum atomic E-state index is -3.71. The number of hydrogen-bond donors (Lipinski definition) is 1. The van der Waals surface area contributed by atoms with Crippen molar-refractivity contribution in [2.24, 2.45) is 7.05 Å². The molecule has 0 spiro atoms. The fraction of sp³-hybridized carbons (Fsp3) is 0.133. The van der Waals surface area contributed by atoms with Crippen molar-refractivity contribution < 1.29 is 8.42 Å². The summed E-state index contributed by atoms with van der Waals surface area (Å²) < 4.78 is 29.4. The number of aryl methyl sites for hydroxylation is 2. The maximum absolute atomic E-state index is 12.5. The Hall–Kier alpha value is -2.05. The van der Waals surface area contributed by atoms with E-state index < -0.39 is 10.0 Å². The van der Waals surface area contributed by atoms with Gasteiger partial charge in [-0.1, -0.05) is 23.7 Å². The molecule has 0 saturated heterocycles. The predicted molar refractivity (Wildman–Crippen MR) is 87.7 cm³/mol. The highest BCUT2D eigenvalue weighted by Crippen LogP contribution is 2.25. The zero-order valence-corrected chi connectivity index (χ0v) is 13.6. The second-order valence-electron chi connectivity index (χ2n) is 4.95. The molecule has 0 atom stereocenters. The Labute approximate surface area is 133 Å². The lowest BCUT2D eigenvalue weighted by molar-refractivity contribution is 0.601. The quantitative estimate of drug-likeness (QED) is 0.798. The summed E-state index contributed by atoms with van der Waals surface area (Å²) in [6.45, 7) is 1.87. The standard InChI is InChI=1S/C15H14ClN3O2S/c1-10-17-14-9-11(7-8-15(14)19(10)2)22(20,21)18-13-6-4-3-5-12(13)16/h3-9,18H,1-2H3. The van der Waals surface area contributed by atoms with Gasteiger partial charge in [0.25, 0.3) is 10.0 Å². The summed E-state index contributed by atoms with van der Waals surface area (Å²) in [7, 11) is -1.82. The van der Waals surface area contributed by atoms with E-state index in [0.717, 1.165) is 11.3 Å². The molecule has 0 aliphatic carbocycles. The van der Waals surface area contributed by atoms with Crippen LogP contribution in [0.5, 0.6) is 0 Å². The number of nitrogens with one attached hydrogen (secondary N) is 1. The first kappa shape index (κ1) is 14.9. The molecule has 0 unspecified atom stereocenters. The van der Waals surface area contributed by atoms with E-state index in [0.29, 0.717) is 16.2 Å². The molecule has 0 fully saturated rings. The molecule has 22 heavy (non-hydrogen) atoms. The van der Waals surface area contributed by atoms with Crippen LogP contribution >= 0.6 is 11.6 Å². The Balaban J connectivity index is 2.04. The number of imidazole rings is 1. The number of rotatable bonds is 3. The molecule has 3 rings (SSSR count). The zero-order valence-electron chi connectivity index (χ0n) is 12.0. The molecule has 0 radical (unpaired) electrons. The van der Waals surface area contributed by atoms with Crippen LogP contribution in [-0.4, -0.2) is 18.0 Å². The van der Waals surface area contributed by atoms with Crippen LogP contribution in [0.1, 0.15) is 5.82 Å². The van der Waals surface area contributed by atoms with E-state index in [1.807, 2.05) is 18.5 Å². The van der Waals surface area contributed by atoms with E-state index in [1.54, 1.807) is 42.5 Å². The number of para-hydroxylation sites is 1. The summed E-state index contributed by atoms with van der Waals surface area (Å²) in [6.07, 6.45) is 0.